The van der Waals surface area contributed by atoms with Crippen LogP contribution < -0.4 is 0 Å². The monoisotopic (exact) mass is 444 g/mol. The molecule has 0 aliphatic rings. The zero-order chi connectivity index (χ0) is 23.0. The molecule has 1 rings (SSSR count). The van der Waals surface area contributed by atoms with Gasteiger partial charge in [-0.2, -0.15) is 26.3 Å². The molecule has 1 unspecified atom stereocenters. The Balaban J connectivity index is 3.12. The summed E-state index contributed by atoms with van der Waals surface area (Å²) in [5.41, 5.74) is -2.96. The third-order valence-corrected chi connectivity index (χ3v) is 5.14. The molecule has 0 fully saturated rings. The average molecular weight is 444 g/mol. The molecule has 0 amide bonds. The number of benzene rings is 1. The van der Waals surface area contributed by atoms with Gasteiger partial charge in [-0.1, -0.05) is 45.4 Å². The fourth-order valence-corrected chi connectivity index (χ4v) is 3.42. The zero-order valence-corrected chi connectivity index (χ0v) is 17.5. The van der Waals surface area contributed by atoms with Gasteiger partial charge in [0.1, 0.15) is 0 Å². The van der Waals surface area contributed by atoms with Crippen LogP contribution in [0.1, 0.15) is 68.6 Å². The number of unbranched alkanes of at least 4 members (excludes halogenated alkanes) is 5. The van der Waals surface area contributed by atoms with Crippen LogP contribution >= 0.6 is 0 Å². The van der Waals surface area contributed by atoms with E-state index >= 15 is 0 Å². The van der Waals surface area contributed by atoms with Crippen molar-refractivity contribution >= 4 is 0 Å². The number of ether oxygens (including phenoxy) is 2. The standard InChI is InChI=1S/C21H30F6O3/c1-4-5-6-7-8-9-10-16(21(28,29-2)30-3)11-15-12-17(19(22,23)24)14-18(13-15)20(25,26)27/h12-14,16,28H,4-11H2,1-3H3. The minimum atomic E-state index is -4.93. The largest absolute Gasteiger partial charge is 0.416 e. The van der Waals surface area contributed by atoms with Gasteiger partial charge in [-0.3, -0.25) is 0 Å². The van der Waals surface area contributed by atoms with Gasteiger partial charge >= 0.3 is 12.4 Å². The summed E-state index contributed by atoms with van der Waals surface area (Å²) in [7, 11) is 2.34. The number of methoxy groups -OCH3 is 2. The molecule has 1 N–H and O–H groups in total. The van der Waals surface area contributed by atoms with E-state index in [0.717, 1.165) is 32.1 Å². The quantitative estimate of drug-likeness (QED) is 0.225. The average Bonchev–Trinajstić information content (AvgIpc) is 2.67. The van der Waals surface area contributed by atoms with E-state index in [9.17, 15) is 31.4 Å². The predicted molar refractivity (Wildman–Crippen MR) is 101 cm³/mol. The number of halogens is 6. The van der Waals surface area contributed by atoms with Gasteiger partial charge in [0.2, 0.25) is 0 Å². The lowest BCUT2D eigenvalue weighted by Crippen LogP contribution is -2.43. The lowest BCUT2D eigenvalue weighted by atomic mass is 9.89. The fourth-order valence-electron chi connectivity index (χ4n) is 3.42. The van der Waals surface area contributed by atoms with Crippen molar-refractivity contribution in [3.63, 3.8) is 0 Å². The van der Waals surface area contributed by atoms with E-state index in [1.54, 1.807) is 0 Å². The number of aliphatic hydroxyl groups is 1. The molecule has 0 saturated heterocycles. The highest BCUT2D eigenvalue weighted by atomic mass is 19.4. The van der Waals surface area contributed by atoms with Gasteiger partial charge in [-0.05, 0) is 36.6 Å². The van der Waals surface area contributed by atoms with Crippen LogP contribution in [0.3, 0.4) is 0 Å². The summed E-state index contributed by atoms with van der Waals surface area (Å²) >= 11 is 0. The molecule has 0 spiro atoms. The van der Waals surface area contributed by atoms with Gasteiger partial charge in [0.25, 0.3) is 5.97 Å². The molecule has 0 aromatic heterocycles. The molecular weight excluding hydrogens is 414 g/mol. The number of hydrogen-bond donors (Lipinski definition) is 1. The minimum absolute atomic E-state index is 0.0884. The summed E-state index contributed by atoms with van der Waals surface area (Å²) in [4.78, 5) is 0. The molecule has 0 aliphatic carbocycles. The van der Waals surface area contributed by atoms with Crippen molar-refractivity contribution in [1.29, 1.82) is 0 Å². The molecule has 1 aromatic rings. The summed E-state index contributed by atoms with van der Waals surface area (Å²) in [5, 5.41) is 10.6. The van der Waals surface area contributed by atoms with E-state index in [4.69, 9.17) is 9.47 Å². The normalized spacial score (nSPS) is 14.2. The third-order valence-electron chi connectivity index (χ3n) is 5.14. The van der Waals surface area contributed by atoms with Crippen LogP contribution in [0, 0.1) is 5.92 Å². The van der Waals surface area contributed by atoms with Crippen LogP contribution in [-0.2, 0) is 28.2 Å². The van der Waals surface area contributed by atoms with Crippen molar-refractivity contribution in [2.45, 2.75) is 76.6 Å². The van der Waals surface area contributed by atoms with E-state index in [1.165, 1.54) is 14.2 Å². The Morgan fingerprint density at radius 3 is 1.70 bits per heavy atom. The van der Waals surface area contributed by atoms with Crippen LogP contribution in [0.25, 0.3) is 0 Å². The SMILES string of the molecule is CCCCCCCCC(Cc1cc(C(F)(F)F)cc(C(F)(F)F)c1)C(O)(OC)OC. The summed E-state index contributed by atoms with van der Waals surface area (Å²) in [6.45, 7) is 2.08. The fraction of sp³-hybridized carbons (Fsp3) is 0.714. The third kappa shape index (κ3) is 8.07. The van der Waals surface area contributed by atoms with Crippen molar-refractivity contribution in [3.8, 4) is 0 Å². The second-order valence-corrected chi connectivity index (χ2v) is 7.41. The minimum Gasteiger partial charge on any atom is -0.343 e. The van der Waals surface area contributed by atoms with E-state index in [0.29, 0.717) is 25.0 Å². The molecule has 0 saturated carbocycles. The van der Waals surface area contributed by atoms with E-state index < -0.39 is 35.4 Å². The Bertz CT molecular complexity index is 606. The van der Waals surface area contributed by atoms with Gasteiger partial charge in [0, 0.05) is 20.1 Å². The van der Waals surface area contributed by atoms with E-state index in [2.05, 4.69) is 6.92 Å². The predicted octanol–water partition coefficient (Wildman–Crippen LogP) is 6.57. The molecule has 3 nitrogen and oxygen atoms in total. The second kappa shape index (κ2) is 11.3. The molecule has 0 aliphatic heterocycles. The highest BCUT2D eigenvalue weighted by Gasteiger charge is 2.40. The first-order valence-electron chi connectivity index (χ1n) is 9.98. The van der Waals surface area contributed by atoms with Gasteiger partial charge in [-0.25, -0.2) is 0 Å². The Labute approximate surface area is 173 Å². The molecule has 0 radical (unpaired) electrons. The van der Waals surface area contributed by atoms with Gasteiger partial charge in [-0.15, -0.1) is 0 Å². The first-order valence-corrected chi connectivity index (χ1v) is 9.98. The van der Waals surface area contributed by atoms with Crippen LogP contribution in [0.5, 0.6) is 0 Å². The lowest BCUT2D eigenvalue weighted by molar-refractivity contribution is -0.368. The maximum Gasteiger partial charge on any atom is 0.416 e. The van der Waals surface area contributed by atoms with Crippen molar-refractivity contribution in [2.24, 2.45) is 5.92 Å². The maximum absolute atomic E-state index is 13.1. The first kappa shape index (κ1) is 26.7. The van der Waals surface area contributed by atoms with Gasteiger partial charge < -0.3 is 14.6 Å². The summed E-state index contributed by atoms with van der Waals surface area (Å²) < 4.78 is 88.7. The van der Waals surface area contributed by atoms with Crippen LogP contribution in [0.15, 0.2) is 18.2 Å². The van der Waals surface area contributed by atoms with Crippen LogP contribution in [-0.4, -0.2) is 25.3 Å². The Morgan fingerprint density at radius 1 is 0.800 bits per heavy atom. The van der Waals surface area contributed by atoms with Gasteiger partial charge in [0.05, 0.1) is 11.1 Å². The molecule has 30 heavy (non-hydrogen) atoms. The smallest absolute Gasteiger partial charge is 0.343 e. The molecule has 1 aromatic carbocycles. The van der Waals surface area contributed by atoms with E-state index in [-0.39, 0.29) is 18.1 Å². The highest BCUT2D eigenvalue weighted by Crippen LogP contribution is 2.38. The Morgan fingerprint density at radius 2 is 1.27 bits per heavy atom. The molecule has 174 valence electrons. The maximum atomic E-state index is 13.1. The van der Waals surface area contributed by atoms with Crippen molar-refractivity contribution in [3.05, 3.63) is 34.9 Å². The topological polar surface area (TPSA) is 38.7 Å². The summed E-state index contributed by atoms with van der Waals surface area (Å²) in [6, 6.07) is 1.44. The molecule has 0 bridgehead atoms. The van der Waals surface area contributed by atoms with E-state index in [1.807, 2.05) is 0 Å². The highest BCUT2D eigenvalue weighted by molar-refractivity contribution is 5.34. The number of rotatable bonds is 12. The van der Waals surface area contributed by atoms with Crippen molar-refractivity contribution < 1.29 is 40.9 Å². The van der Waals surface area contributed by atoms with Crippen molar-refractivity contribution in [2.75, 3.05) is 14.2 Å². The summed E-state index contributed by atoms with van der Waals surface area (Å²) in [5.74, 6) is -2.96. The number of hydrogen-bond acceptors (Lipinski definition) is 3. The van der Waals surface area contributed by atoms with Crippen molar-refractivity contribution in [1.82, 2.24) is 0 Å². The number of alkyl halides is 6. The van der Waals surface area contributed by atoms with Gasteiger partial charge in [0.15, 0.2) is 0 Å². The van der Waals surface area contributed by atoms with Crippen LogP contribution in [0.4, 0.5) is 26.3 Å². The molecule has 0 heterocycles. The zero-order valence-electron chi connectivity index (χ0n) is 17.5. The molecule has 9 heteroatoms. The summed E-state index contributed by atoms with van der Waals surface area (Å²) in [6.07, 6.45) is -4.16. The Hall–Kier alpha value is -1.32. The second-order valence-electron chi connectivity index (χ2n) is 7.41. The lowest BCUT2D eigenvalue weighted by Gasteiger charge is -2.33. The Kier molecular flexibility index (Phi) is 10.1. The van der Waals surface area contributed by atoms with Crippen LogP contribution in [0.2, 0.25) is 0 Å². The molecule has 1 atom stereocenters. The first-order chi connectivity index (χ1) is 13.9. The molecular formula is C21H30F6O3.